The van der Waals surface area contributed by atoms with E-state index in [4.69, 9.17) is 37.7 Å². The smallest absolute Gasteiger partial charge is 0.338 e. The highest BCUT2D eigenvalue weighted by Gasteiger charge is 2.35. The molecule has 0 amide bonds. The average Bonchev–Trinajstić information content (AvgIpc) is 3.37. The molecule has 0 radical (unpaired) electrons. The maximum atomic E-state index is 13.1. The first-order valence-electron chi connectivity index (χ1n) is 10.8. The van der Waals surface area contributed by atoms with E-state index in [1.807, 2.05) is 5.38 Å². The fourth-order valence-corrected chi connectivity index (χ4v) is 5.00. The van der Waals surface area contributed by atoms with Crippen molar-refractivity contribution in [2.75, 3.05) is 33.4 Å². The van der Waals surface area contributed by atoms with Crippen LogP contribution >= 0.6 is 34.5 Å². The summed E-state index contributed by atoms with van der Waals surface area (Å²) >= 11 is 14.1. The van der Waals surface area contributed by atoms with Crippen molar-refractivity contribution >= 4 is 46.3 Å². The highest BCUT2D eigenvalue weighted by Crippen LogP contribution is 2.37. The summed E-state index contributed by atoms with van der Waals surface area (Å²) in [6.07, 6.45) is 4.74. The molecule has 1 fully saturated rings. The third-order valence-corrected chi connectivity index (χ3v) is 6.83. The zero-order valence-corrected chi connectivity index (χ0v) is 21.2. The van der Waals surface area contributed by atoms with E-state index < -0.39 is 12.0 Å². The molecule has 1 aromatic carbocycles. The molecule has 0 bridgehead atoms. The monoisotopic (exact) mass is 534 g/mol. The number of ether oxygens (including phenoxy) is 2. The van der Waals surface area contributed by atoms with Crippen molar-refractivity contribution in [3.05, 3.63) is 86.2 Å². The minimum Gasteiger partial charge on any atom is -0.509 e. The SMILES string of the molecule is C=C(O)/C=C/[C@@H]1CN(CC2=C(C(=O)OC)[C@H](c3ccc(Cl)cc3Cl)N=C(c3nccs3)N2)CCO1. The summed E-state index contributed by atoms with van der Waals surface area (Å²) in [6, 6.07) is 4.39. The zero-order valence-electron chi connectivity index (χ0n) is 18.9. The number of hydrogen-bond donors (Lipinski definition) is 2. The number of methoxy groups -OCH3 is 1. The molecular formula is C24H24Cl2N4O4S. The van der Waals surface area contributed by atoms with Crippen molar-refractivity contribution in [1.29, 1.82) is 0 Å². The largest absolute Gasteiger partial charge is 0.509 e. The third-order valence-electron chi connectivity index (χ3n) is 5.49. The molecule has 3 heterocycles. The van der Waals surface area contributed by atoms with E-state index in [-0.39, 0.29) is 11.9 Å². The van der Waals surface area contributed by atoms with Crippen LogP contribution in [0.2, 0.25) is 10.0 Å². The second-order valence-electron chi connectivity index (χ2n) is 7.89. The van der Waals surface area contributed by atoms with Gasteiger partial charge in [-0.1, -0.05) is 41.9 Å². The molecule has 0 unspecified atom stereocenters. The number of hydrogen-bond acceptors (Lipinski definition) is 9. The van der Waals surface area contributed by atoms with Gasteiger partial charge < -0.3 is 19.9 Å². The Kier molecular flexibility index (Phi) is 8.25. The highest BCUT2D eigenvalue weighted by atomic mass is 35.5. The van der Waals surface area contributed by atoms with Crippen LogP contribution in [0, 0.1) is 0 Å². The average molecular weight is 535 g/mol. The molecule has 1 saturated heterocycles. The molecule has 0 spiro atoms. The number of amidine groups is 1. The standard InChI is InChI=1S/C24H24Cl2N4O4S/c1-14(31)3-5-16-12-30(8-9-34-16)13-19-20(24(32)33-2)21(17-6-4-15(25)11-18(17)26)29-22(28-19)23-27-7-10-35-23/h3-7,10-11,16,21,31H,1,8-9,12-13H2,2H3,(H,28,29)/b5-3+/t16-,21+/m1/s1. The molecule has 35 heavy (non-hydrogen) atoms. The molecule has 2 aliphatic heterocycles. The number of aliphatic hydroxyl groups is 1. The van der Waals surface area contributed by atoms with Gasteiger partial charge in [-0.25, -0.2) is 9.78 Å². The fourth-order valence-electron chi connectivity index (χ4n) is 3.90. The summed E-state index contributed by atoms with van der Waals surface area (Å²) in [5.41, 5.74) is 1.64. The Balaban J connectivity index is 1.73. The molecule has 0 saturated carbocycles. The number of rotatable bonds is 7. The number of nitrogens with one attached hydrogen (secondary N) is 1. The van der Waals surface area contributed by atoms with Crippen molar-refractivity contribution in [2.45, 2.75) is 12.1 Å². The Morgan fingerprint density at radius 2 is 2.29 bits per heavy atom. The first-order chi connectivity index (χ1) is 16.9. The van der Waals surface area contributed by atoms with Crippen LogP contribution in [0.15, 0.2) is 70.5 Å². The lowest BCUT2D eigenvalue weighted by Gasteiger charge is -2.34. The normalized spacial score (nSPS) is 21.1. The minimum atomic E-state index is -0.711. The van der Waals surface area contributed by atoms with E-state index in [1.165, 1.54) is 24.5 Å². The number of morpholine rings is 1. The molecule has 1 aromatic heterocycles. The maximum Gasteiger partial charge on any atom is 0.338 e. The first-order valence-corrected chi connectivity index (χ1v) is 12.4. The van der Waals surface area contributed by atoms with E-state index in [0.717, 1.165) is 0 Å². The highest BCUT2D eigenvalue weighted by molar-refractivity contribution is 7.11. The van der Waals surface area contributed by atoms with Gasteiger partial charge in [-0.2, -0.15) is 0 Å². The minimum absolute atomic E-state index is 0.0395. The Labute approximate surface area is 217 Å². The van der Waals surface area contributed by atoms with Gasteiger partial charge in [0.15, 0.2) is 10.8 Å². The number of carbonyl (C=O) groups is 1. The van der Waals surface area contributed by atoms with Crippen LogP contribution in [0.3, 0.4) is 0 Å². The van der Waals surface area contributed by atoms with Crippen molar-refractivity contribution in [1.82, 2.24) is 15.2 Å². The molecule has 4 rings (SSSR count). The van der Waals surface area contributed by atoms with Crippen LogP contribution in [-0.2, 0) is 14.3 Å². The number of allylic oxidation sites excluding steroid dienone is 1. The van der Waals surface area contributed by atoms with Gasteiger partial charge in [-0.05, 0) is 18.2 Å². The first kappa shape index (κ1) is 25.4. The van der Waals surface area contributed by atoms with Gasteiger partial charge in [0.1, 0.15) is 11.8 Å². The molecule has 2 N–H and O–H groups in total. The number of nitrogens with zero attached hydrogens (tertiary/aromatic N) is 3. The van der Waals surface area contributed by atoms with E-state index in [1.54, 1.807) is 30.5 Å². The molecule has 8 nitrogen and oxygen atoms in total. The summed E-state index contributed by atoms with van der Waals surface area (Å²) in [5.74, 6) is -0.00552. The third kappa shape index (κ3) is 6.12. The van der Waals surface area contributed by atoms with E-state index in [9.17, 15) is 9.90 Å². The number of aliphatic hydroxyl groups excluding tert-OH is 1. The van der Waals surface area contributed by atoms with E-state index >= 15 is 0 Å². The van der Waals surface area contributed by atoms with Crippen LogP contribution in [0.5, 0.6) is 0 Å². The number of carbonyl (C=O) groups excluding carboxylic acids is 1. The second-order valence-corrected chi connectivity index (χ2v) is 9.63. The van der Waals surface area contributed by atoms with Gasteiger partial charge >= 0.3 is 5.97 Å². The molecule has 2 aromatic rings. The number of esters is 1. The van der Waals surface area contributed by atoms with Gasteiger partial charge in [-0.15, -0.1) is 11.3 Å². The number of aliphatic imine (C=N–C) groups is 1. The van der Waals surface area contributed by atoms with Crippen LogP contribution in [0.4, 0.5) is 0 Å². The van der Waals surface area contributed by atoms with Gasteiger partial charge in [-0.3, -0.25) is 9.89 Å². The fraction of sp³-hybridized carbons (Fsp3) is 0.292. The summed E-state index contributed by atoms with van der Waals surface area (Å²) in [4.78, 5) is 24.4. The topological polar surface area (TPSA) is 96.3 Å². The van der Waals surface area contributed by atoms with Gasteiger partial charge in [0.05, 0.1) is 25.4 Å². The predicted molar refractivity (Wildman–Crippen MR) is 137 cm³/mol. The van der Waals surface area contributed by atoms with Gasteiger partial charge in [0, 0.05) is 52.5 Å². The Bertz CT molecular complexity index is 1200. The molecule has 2 aliphatic rings. The van der Waals surface area contributed by atoms with E-state index in [2.05, 4.69) is 21.8 Å². The Morgan fingerprint density at radius 3 is 2.97 bits per heavy atom. The van der Waals surface area contributed by atoms with Crippen molar-refractivity contribution < 1.29 is 19.4 Å². The van der Waals surface area contributed by atoms with Crippen LogP contribution in [-0.4, -0.2) is 66.3 Å². The van der Waals surface area contributed by atoms with Gasteiger partial charge in [0.2, 0.25) is 0 Å². The molecule has 11 heteroatoms. The van der Waals surface area contributed by atoms with E-state index in [0.29, 0.717) is 64.0 Å². The number of thiazole rings is 1. The summed E-state index contributed by atoms with van der Waals surface area (Å²) in [5, 5.41) is 16.1. The van der Waals surface area contributed by atoms with Crippen LogP contribution in [0.25, 0.3) is 0 Å². The summed E-state index contributed by atoms with van der Waals surface area (Å²) < 4.78 is 10.9. The number of benzene rings is 1. The quantitative estimate of drug-likeness (QED) is 0.310. The zero-order chi connectivity index (χ0) is 24.9. The van der Waals surface area contributed by atoms with Crippen LogP contribution < -0.4 is 5.32 Å². The Morgan fingerprint density at radius 1 is 1.46 bits per heavy atom. The lowest BCUT2D eigenvalue weighted by atomic mass is 9.95. The number of halogens is 2. The molecule has 184 valence electrons. The van der Waals surface area contributed by atoms with Crippen molar-refractivity contribution in [2.24, 2.45) is 4.99 Å². The number of aromatic nitrogens is 1. The van der Waals surface area contributed by atoms with Crippen LogP contribution in [0.1, 0.15) is 16.6 Å². The lowest BCUT2D eigenvalue weighted by molar-refractivity contribution is -0.136. The molecule has 0 aliphatic carbocycles. The van der Waals surface area contributed by atoms with Crippen molar-refractivity contribution in [3.63, 3.8) is 0 Å². The molecule has 2 atom stereocenters. The summed E-state index contributed by atoms with van der Waals surface area (Å²) in [6.45, 7) is 5.58. The summed E-state index contributed by atoms with van der Waals surface area (Å²) in [7, 11) is 1.34. The molecular weight excluding hydrogens is 511 g/mol. The predicted octanol–water partition coefficient (Wildman–Crippen LogP) is 4.30. The Hall–Kier alpha value is -2.69. The lowest BCUT2D eigenvalue weighted by Crippen LogP contribution is -2.46. The van der Waals surface area contributed by atoms with Crippen molar-refractivity contribution in [3.8, 4) is 0 Å². The van der Waals surface area contributed by atoms with Gasteiger partial charge in [0.25, 0.3) is 0 Å². The second kappa shape index (κ2) is 11.4. The maximum absolute atomic E-state index is 13.1.